The average Bonchev–Trinajstić information content (AvgIpc) is 2.25. The molecule has 0 saturated carbocycles. The number of halogens is 2. The fraction of sp³-hybridized carbons (Fsp3) is 0.0833. The van der Waals surface area contributed by atoms with Gasteiger partial charge in [-0.2, -0.15) is 0 Å². The van der Waals surface area contributed by atoms with Crippen molar-refractivity contribution in [2.75, 3.05) is 11.1 Å². The smallest absolute Gasteiger partial charge is 0.133 e. The largest absolute Gasteiger partial charge is 0.397 e. The van der Waals surface area contributed by atoms with Crippen LogP contribution in [0.5, 0.6) is 0 Å². The summed E-state index contributed by atoms with van der Waals surface area (Å²) in [6, 6.07) is 7.69. The molecule has 0 spiro atoms. The van der Waals surface area contributed by atoms with Crippen LogP contribution in [0.4, 0.5) is 17.2 Å². The van der Waals surface area contributed by atoms with E-state index in [1.807, 2.05) is 31.2 Å². The summed E-state index contributed by atoms with van der Waals surface area (Å²) in [4.78, 5) is 4.24. The molecule has 0 bridgehead atoms. The highest BCUT2D eigenvalue weighted by Crippen LogP contribution is 2.27. The van der Waals surface area contributed by atoms with Crippen LogP contribution < -0.4 is 11.1 Å². The first-order valence-corrected chi connectivity index (χ1v) is 6.46. The molecule has 0 aliphatic carbocycles. The van der Waals surface area contributed by atoms with E-state index in [-0.39, 0.29) is 0 Å². The molecule has 5 heteroatoms. The molecule has 0 aliphatic rings. The Labute approximate surface area is 119 Å². The third kappa shape index (κ3) is 3.01. The predicted molar refractivity (Wildman–Crippen MR) is 80.8 cm³/mol. The van der Waals surface area contributed by atoms with Gasteiger partial charge in [0.2, 0.25) is 0 Å². The first-order chi connectivity index (χ1) is 8.06. The van der Waals surface area contributed by atoms with Crippen molar-refractivity contribution < 1.29 is 0 Å². The highest BCUT2D eigenvalue weighted by molar-refractivity contribution is 14.1. The molecule has 1 aromatic heterocycles. The van der Waals surface area contributed by atoms with Gasteiger partial charge in [-0.25, -0.2) is 4.98 Å². The number of nitrogen functional groups attached to an aromatic ring is 1. The van der Waals surface area contributed by atoms with Crippen molar-refractivity contribution in [2.45, 2.75) is 6.92 Å². The molecule has 1 heterocycles. The molecule has 3 N–H and O–H groups in total. The summed E-state index contributed by atoms with van der Waals surface area (Å²) < 4.78 is 1.10. The topological polar surface area (TPSA) is 50.9 Å². The molecule has 88 valence electrons. The highest BCUT2D eigenvalue weighted by atomic mass is 127. The molecular formula is C12H11ClIN3. The Bertz CT molecular complexity index is 508. The van der Waals surface area contributed by atoms with Gasteiger partial charge in [0.1, 0.15) is 5.82 Å². The Balaban J connectivity index is 2.31. The Morgan fingerprint density at radius 2 is 2.12 bits per heavy atom. The van der Waals surface area contributed by atoms with Crippen molar-refractivity contribution in [2.24, 2.45) is 0 Å². The SMILES string of the molecule is Cc1cc(N)cnc1Nc1ccc(I)cc1Cl. The predicted octanol–water partition coefficient (Wildman–Crippen LogP) is 3.97. The first kappa shape index (κ1) is 12.4. The van der Waals surface area contributed by atoms with E-state index >= 15 is 0 Å². The number of aromatic nitrogens is 1. The average molecular weight is 360 g/mol. The van der Waals surface area contributed by atoms with Gasteiger partial charge in [-0.3, -0.25) is 0 Å². The maximum atomic E-state index is 6.14. The van der Waals surface area contributed by atoms with Crippen LogP contribution in [0.3, 0.4) is 0 Å². The second-order valence-electron chi connectivity index (χ2n) is 3.68. The third-order valence-corrected chi connectivity index (χ3v) is 3.27. The van der Waals surface area contributed by atoms with Gasteiger partial charge < -0.3 is 11.1 Å². The van der Waals surface area contributed by atoms with Gasteiger partial charge in [0.25, 0.3) is 0 Å². The van der Waals surface area contributed by atoms with E-state index in [4.69, 9.17) is 17.3 Å². The maximum Gasteiger partial charge on any atom is 0.133 e. The zero-order valence-electron chi connectivity index (χ0n) is 9.17. The number of aryl methyl sites for hydroxylation is 1. The van der Waals surface area contributed by atoms with Crippen molar-refractivity contribution in [1.82, 2.24) is 4.98 Å². The van der Waals surface area contributed by atoms with Crippen LogP contribution >= 0.6 is 34.2 Å². The molecule has 0 radical (unpaired) electrons. The fourth-order valence-electron chi connectivity index (χ4n) is 1.45. The molecule has 0 fully saturated rings. The first-order valence-electron chi connectivity index (χ1n) is 5.00. The van der Waals surface area contributed by atoms with Crippen molar-refractivity contribution in [3.63, 3.8) is 0 Å². The summed E-state index contributed by atoms with van der Waals surface area (Å²) in [5.41, 5.74) is 8.13. The summed E-state index contributed by atoms with van der Waals surface area (Å²) in [5, 5.41) is 3.87. The molecule has 0 saturated heterocycles. The lowest BCUT2D eigenvalue weighted by molar-refractivity contribution is 1.26. The Morgan fingerprint density at radius 1 is 1.35 bits per heavy atom. The van der Waals surface area contributed by atoms with E-state index in [0.29, 0.717) is 10.7 Å². The minimum absolute atomic E-state index is 0.654. The minimum atomic E-state index is 0.654. The van der Waals surface area contributed by atoms with Crippen molar-refractivity contribution in [3.8, 4) is 0 Å². The second kappa shape index (κ2) is 5.10. The lowest BCUT2D eigenvalue weighted by Gasteiger charge is -2.10. The van der Waals surface area contributed by atoms with Gasteiger partial charge in [0.05, 0.1) is 22.6 Å². The zero-order valence-corrected chi connectivity index (χ0v) is 12.1. The monoisotopic (exact) mass is 359 g/mol. The Hall–Kier alpha value is -1.01. The number of rotatable bonds is 2. The molecule has 17 heavy (non-hydrogen) atoms. The molecule has 2 aromatic rings. The van der Waals surface area contributed by atoms with Gasteiger partial charge >= 0.3 is 0 Å². The number of anilines is 3. The number of benzene rings is 1. The van der Waals surface area contributed by atoms with Crippen LogP contribution in [0.15, 0.2) is 30.5 Å². The molecule has 3 nitrogen and oxygen atoms in total. The van der Waals surface area contributed by atoms with Crippen molar-refractivity contribution in [1.29, 1.82) is 0 Å². The van der Waals surface area contributed by atoms with E-state index < -0.39 is 0 Å². The lowest BCUT2D eigenvalue weighted by Crippen LogP contribution is -1.98. The second-order valence-corrected chi connectivity index (χ2v) is 5.34. The van der Waals surface area contributed by atoms with E-state index in [1.165, 1.54) is 0 Å². The van der Waals surface area contributed by atoms with Gasteiger partial charge in [-0.1, -0.05) is 11.6 Å². The quantitative estimate of drug-likeness (QED) is 0.798. The number of hydrogen-bond acceptors (Lipinski definition) is 3. The highest BCUT2D eigenvalue weighted by Gasteiger charge is 2.04. The van der Waals surface area contributed by atoms with E-state index in [2.05, 4.69) is 32.9 Å². The van der Waals surface area contributed by atoms with E-state index in [9.17, 15) is 0 Å². The summed E-state index contributed by atoms with van der Waals surface area (Å²) in [7, 11) is 0. The zero-order chi connectivity index (χ0) is 12.4. The van der Waals surface area contributed by atoms with E-state index in [0.717, 1.165) is 20.6 Å². The summed E-state index contributed by atoms with van der Waals surface area (Å²) in [6.45, 7) is 1.95. The molecule has 0 unspecified atom stereocenters. The van der Waals surface area contributed by atoms with Crippen LogP contribution in [0, 0.1) is 10.5 Å². The van der Waals surface area contributed by atoms with E-state index in [1.54, 1.807) is 6.20 Å². The maximum absolute atomic E-state index is 6.14. The van der Waals surface area contributed by atoms with Crippen LogP contribution in [-0.2, 0) is 0 Å². The lowest BCUT2D eigenvalue weighted by atomic mass is 10.2. The number of hydrogen-bond donors (Lipinski definition) is 2. The van der Waals surface area contributed by atoms with Crippen LogP contribution in [-0.4, -0.2) is 4.98 Å². The normalized spacial score (nSPS) is 10.3. The Kier molecular flexibility index (Phi) is 3.73. The summed E-state index contributed by atoms with van der Waals surface area (Å²) >= 11 is 8.36. The van der Waals surface area contributed by atoms with Gasteiger partial charge in [-0.15, -0.1) is 0 Å². The Morgan fingerprint density at radius 3 is 2.76 bits per heavy atom. The summed E-state index contributed by atoms with van der Waals surface area (Å²) in [5.74, 6) is 0.766. The van der Waals surface area contributed by atoms with Crippen LogP contribution in [0.25, 0.3) is 0 Å². The van der Waals surface area contributed by atoms with Crippen molar-refractivity contribution >= 4 is 51.4 Å². The molecule has 0 amide bonds. The van der Waals surface area contributed by atoms with Crippen molar-refractivity contribution in [3.05, 3.63) is 44.6 Å². The van der Waals surface area contributed by atoms with Gasteiger partial charge in [0.15, 0.2) is 0 Å². The number of nitrogens with two attached hydrogens (primary N) is 1. The standard InChI is InChI=1S/C12H11ClIN3/c1-7-4-9(15)6-16-12(7)17-11-3-2-8(14)5-10(11)13/h2-6H,15H2,1H3,(H,16,17). The number of nitrogens with one attached hydrogen (secondary N) is 1. The van der Waals surface area contributed by atoms with Crippen LogP contribution in [0.1, 0.15) is 5.56 Å². The molecular weight excluding hydrogens is 349 g/mol. The number of pyridine rings is 1. The minimum Gasteiger partial charge on any atom is -0.397 e. The molecule has 0 atom stereocenters. The van der Waals surface area contributed by atoms with Gasteiger partial charge in [-0.05, 0) is 59.3 Å². The number of nitrogens with zero attached hydrogens (tertiary/aromatic N) is 1. The summed E-state index contributed by atoms with van der Waals surface area (Å²) in [6.07, 6.45) is 1.62. The fourth-order valence-corrected chi connectivity index (χ4v) is 2.35. The molecule has 0 aliphatic heterocycles. The molecule has 2 rings (SSSR count). The molecule has 1 aromatic carbocycles. The van der Waals surface area contributed by atoms with Crippen LogP contribution in [0.2, 0.25) is 5.02 Å². The third-order valence-electron chi connectivity index (χ3n) is 2.28. The van der Waals surface area contributed by atoms with Gasteiger partial charge in [0, 0.05) is 3.57 Å².